The summed E-state index contributed by atoms with van der Waals surface area (Å²) in [6.07, 6.45) is 4.96. The topological polar surface area (TPSA) is 72.2 Å². The van der Waals surface area contributed by atoms with Crippen molar-refractivity contribution >= 4 is 15.7 Å². The molecule has 0 saturated heterocycles. The summed E-state index contributed by atoms with van der Waals surface area (Å²) in [6, 6.07) is 3.45. The van der Waals surface area contributed by atoms with Crippen LogP contribution in [0.2, 0.25) is 0 Å². The summed E-state index contributed by atoms with van der Waals surface area (Å²) in [7, 11) is -3.62. The quantitative estimate of drug-likeness (QED) is 0.840. The average Bonchev–Trinajstić information content (AvgIpc) is 2.42. The van der Waals surface area contributed by atoms with Crippen LogP contribution in [0.1, 0.15) is 39.0 Å². The standard InChI is InChI=1S/C14H21FN2O2S/c1-2-10-3-5-11(6-4-10)17-20(18,19)12-7-8-13(15)14(16)9-12/h7-11,17H,2-6,16H2,1H3. The largest absolute Gasteiger partial charge is 0.396 e. The Labute approximate surface area is 119 Å². The van der Waals surface area contributed by atoms with Crippen LogP contribution in [0.25, 0.3) is 0 Å². The fraction of sp³-hybridized carbons (Fsp3) is 0.571. The van der Waals surface area contributed by atoms with Crippen molar-refractivity contribution < 1.29 is 12.8 Å². The van der Waals surface area contributed by atoms with E-state index in [4.69, 9.17) is 5.73 Å². The van der Waals surface area contributed by atoms with Gasteiger partial charge in [-0.1, -0.05) is 13.3 Å². The van der Waals surface area contributed by atoms with Crippen molar-refractivity contribution in [1.29, 1.82) is 0 Å². The lowest BCUT2D eigenvalue weighted by molar-refractivity contribution is 0.306. The molecule has 20 heavy (non-hydrogen) atoms. The molecule has 1 aromatic carbocycles. The molecule has 1 saturated carbocycles. The van der Waals surface area contributed by atoms with E-state index in [1.165, 1.54) is 6.07 Å². The lowest BCUT2D eigenvalue weighted by Crippen LogP contribution is -2.37. The number of hydrogen-bond donors (Lipinski definition) is 2. The van der Waals surface area contributed by atoms with Crippen LogP contribution in [-0.4, -0.2) is 14.5 Å². The number of nitrogens with one attached hydrogen (secondary N) is 1. The van der Waals surface area contributed by atoms with Gasteiger partial charge in [0, 0.05) is 6.04 Å². The molecule has 0 radical (unpaired) electrons. The van der Waals surface area contributed by atoms with Crippen LogP contribution >= 0.6 is 0 Å². The summed E-state index contributed by atoms with van der Waals surface area (Å²) in [5, 5.41) is 0. The zero-order valence-electron chi connectivity index (χ0n) is 11.6. The first kappa shape index (κ1) is 15.3. The van der Waals surface area contributed by atoms with Gasteiger partial charge in [-0.3, -0.25) is 0 Å². The molecule has 0 bridgehead atoms. The molecule has 2 rings (SSSR count). The average molecular weight is 300 g/mol. The Hall–Kier alpha value is -1.14. The number of sulfonamides is 1. The van der Waals surface area contributed by atoms with Gasteiger partial charge >= 0.3 is 0 Å². The van der Waals surface area contributed by atoms with Crippen LogP contribution in [0, 0.1) is 11.7 Å². The van der Waals surface area contributed by atoms with E-state index in [2.05, 4.69) is 11.6 Å². The van der Waals surface area contributed by atoms with Crippen LogP contribution in [0.15, 0.2) is 23.1 Å². The second-order valence-corrected chi connectivity index (χ2v) is 7.14. The Kier molecular flexibility index (Phi) is 4.65. The fourth-order valence-corrected chi connectivity index (χ4v) is 4.00. The molecule has 0 aliphatic heterocycles. The van der Waals surface area contributed by atoms with Gasteiger partial charge in [-0.2, -0.15) is 0 Å². The Morgan fingerprint density at radius 1 is 1.30 bits per heavy atom. The Morgan fingerprint density at radius 3 is 2.50 bits per heavy atom. The van der Waals surface area contributed by atoms with Crippen LogP contribution in [0.3, 0.4) is 0 Å². The highest BCUT2D eigenvalue weighted by Gasteiger charge is 2.25. The van der Waals surface area contributed by atoms with Crippen molar-refractivity contribution in [3.63, 3.8) is 0 Å². The zero-order chi connectivity index (χ0) is 14.8. The molecule has 1 aromatic rings. The van der Waals surface area contributed by atoms with Gasteiger partial charge in [-0.15, -0.1) is 0 Å². The van der Waals surface area contributed by atoms with E-state index in [1.807, 2.05) is 0 Å². The highest BCUT2D eigenvalue weighted by atomic mass is 32.2. The molecule has 0 amide bonds. The Morgan fingerprint density at radius 2 is 1.95 bits per heavy atom. The van der Waals surface area contributed by atoms with Gasteiger partial charge in [0.15, 0.2) is 0 Å². The lowest BCUT2D eigenvalue weighted by Gasteiger charge is -2.28. The summed E-state index contributed by atoms with van der Waals surface area (Å²) >= 11 is 0. The van der Waals surface area contributed by atoms with Gasteiger partial charge in [-0.05, 0) is 49.8 Å². The predicted octanol–water partition coefficient (Wildman–Crippen LogP) is 2.66. The van der Waals surface area contributed by atoms with Gasteiger partial charge in [0.05, 0.1) is 10.6 Å². The summed E-state index contributed by atoms with van der Waals surface area (Å²) < 4.78 is 40.2. The minimum atomic E-state index is -3.62. The third kappa shape index (κ3) is 3.49. The summed E-state index contributed by atoms with van der Waals surface area (Å²) in [5.41, 5.74) is 5.27. The molecule has 3 N–H and O–H groups in total. The maximum absolute atomic E-state index is 13.1. The van der Waals surface area contributed by atoms with E-state index < -0.39 is 15.8 Å². The van der Waals surface area contributed by atoms with Crippen molar-refractivity contribution in [1.82, 2.24) is 4.72 Å². The molecule has 1 aliphatic rings. The first-order valence-electron chi connectivity index (χ1n) is 6.99. The van der Waals surface area contributed by atoms with E-state index >= 15 is 0 Å². The SMILES string of the molecule is CCC1CCC(NS(=O)(=O)c2ccc(F)c(N)c2)CC1. The van der Waals surface area contributed by atoms with Gasteiger partial charge in [0.2, 0.25) is 10.0 Å². The van der Waals surface area contributed by atoms with E-state index in [0.717, 1.165) is 44.2 Å². The molecular formula is C14H21FN2O2S. The van der Waals surface area contributed by atoms with Crippen molar-refractivity contribution in [2.45, 2.75) is 50.0 Å². The van der Waals surface area contributed by atoms with Crippen molar-refractivity contribution in [2.24, 2.45) is 5.92 Å². The maximum atomic E-state index is 13.1. The van der Waals surface area contributed by atoms with Gasteiger partial charge < -0.3 is 5.73 Å². The Balaban J connectivity index is 2.06. The summed E-state index contributed by atoms with van der Waals surface area (Å²) in [4.78, 5) is 0.0222. The molecule has 0 aromatic heterocycles. The number of anilines is 1. The van der Waals surface area contributed by atoms with Gasteiger partial charge in [-0.25, -0.2) is 17.5 Å². The number of benzene rings is 1. The summed E-state index contributed by atoms with van der Waals surface area (Å²) in [6.45, 7) is 2.16. The lowest BCUT2D eigenvalue weighted by atomic mass is 9.85. The van der Waals surface area contributed by atoms with Crippen LogP contribution < -0.4 is 10.5 Å². The monoisotopic (exact) mass is 300 g/mol. The minimum Gasteiger partial charge on any atom is -0.396 e. The number of nitrogens with two attached hydrogens (primary N) is 1. The van der Waals surface area contributed by atoms with Gasteiger partial charge in [0.25, 0.3) is 0 Å². The second kappa shape index (κ2) is 6.10. The molecule has 1 fully saturated rings. The Bertz CT molecular complexity index is 567. The van der Waals surface area contributed by atoms with E-state index in [1.54, 1.807) is 0 Å². The number of hydrogen-bond acceptors (Lipinski definition) is 3. The number of halogens is 1. The highest BCUT2D eigenvalue weighted by Crippen LogP contribution is 2.27. The third-order valence-corrected chi connectivity index (χ3v) is 5.54. The smallest absolute Gasteiger partial charge is 0.240 e. The second-order valence-electron chi connectivity index (χ2n) is 5.43. The van der Waals surface area contributed by atoms with E-state index in [9.17, 15) is 12.8 Å². The fourth-order valence-electron chi connectivity index (χ4n) is 2.66. The molecule has 0 spiro atoms. The molecule has 4 nitrogen and oxygen atoms in total. The third-order valence-electron chi connectivity index (χ3n) is 4.02. The molecule has 1 aliphatic carbocycles. The number of nitrogen functional groups attached to an aromatic ring is 1. The zero-order valence-corrected chi connectivity index (χ0v) is 12.4. The molecule has 0 unspecified atom stereocenters. The highest BCUT2D eigenvalue weighted by molar-refractivity contribution is 7.89. The van der Waals surface area contributed by atoms with E-state index in [0.29, 0.717) is 5.92 Å². The normalized spacial score (nSPS) is 23.7. The van der Waals surface area contributed by atoms with Crippen LogP contribution in [0.5, 0.6) is 0 Å². The van der Waals surface area contributed by atoms with Gasteiger partial charge in [0.1, 0.15) is 5.82 Å². The number of rotatable bonds is 4. The minimum absolute atomic E-state index is 0.0222. The molecule has 112 valence electrons. The first-order valence-corrected chi connectivity index (χ1v) is 8.48. The van der Waals surface area contributed by atoms with Crippen molar-refractivity contribution in [2.75, 3.05) is 5.73 Å². The van der Waals surface area contributed by atoms with E-state index in [-0.39, 0.29) is 16.6 Å². The molecular weight excluding hydrogens is 279 g/mol. The molecule has 0 atom stereocenters. The maximum Gasteiger partial charge on any atom is 0.240 e. The summed E-state index contributed by atoms with van der Waals surface area (Å²) in [5.74, 6) is 0.102. The van der Waals surface area contributed by atoms with Crippen molar-refractivity contribution in [3.05, 3.63) is 24.0 Å². The van der Waals surface area contributed by atoms with Crippen molar-refractivity contribution in [3.8, 4) is 0 Å². The van der Waals surface area contributed by atoms with Crippen LogP contribution in [-0.2, 0) is 10.0 Å². The first-order chi connectivity index (χ1) is 9.42. The predicted molar refractivity (Wildman–Crippen MR) is 77.2 cm³/mol. The van der Waals surface area contributed by atoms with Crippen LogP contribution in [0.4, 0.5) is 10.1 Å². The molecule has 6 heteroatoms. The molecule has 0 heterocycles.